The largest absolute Gasteiger partial charge is 0.395 e. The molecule has 0 fully saturated rings. The van der Waals surface area contributed by atoms with E-state index in [0.717, 1.165) is 5.56 Å². The number of primary amides is 1. The van der Waals surface area contributed by atoms with E-state index in [1.165, 1.54) is 0 Å². The van der Waals surface area contributed by atoms with Gasteiger partial charge >= 0.3 is 0 Å². The van der Waals surface area contributed by atoms with E-state index in [-0.39, 0.29) is 6.61 Å². The van der Waals surface area contributed by atoms with Crippen molar-refractivity contribution in [3.05, 3.63) is 35.4 Å². The summed E-state index contributed by atoms with van der Waals surface area (Å²) in [5, 5.41) is 8.50. The second-order valence-electron chi connectivity index (χ2n) is 2.72. The standard InChI is InChI=1S/C11H11NO2/c12-11(14)10-6-4-9(5-7-10)3-1-2-8-13/h4-7,13H,2,8H2,(H2,12,14). The summed E-state index contributed by atoms with van der Waals surface area (Å²) in [6.07, 6.45) is 0.456. The van der Waals surface area contributed by atoms with E-state index in [9.17, 15) is 4.79 Å². The van der Waals surface area contributed by atoms with E-state index >= 15 is 0 Å². The predicted molar refractivity (Wildman–Crippen MR) is 53.5 cm³/mol. The van der Waals surface area contributed by atoms with Crippen LogP contribution in [0.1, 0.15) is 22.3 Å². The van der Waals surface area contributed by atoms with Gasteiger partial charge in [-0.1, -0.05) is 11.8 Å². The molecule has 1 aromatic rings. The first kappa shape index (κ1) is 10.3. The summed E-state index contributed by atoms with van der Waals surface area (Å²) < 4.78 is 0. The van der Waals surface area contributed by atoms with Crippen molar-refractivity contribution in [2.24, 2.45) is 5.73 Å². The second-order valence-corrected chi connectivity index (χ2v) is 2.72. The number of amides is 1. The molecule has 0 saturated heterocycles. The number of rotatable bonds is 2. The van der Waals surface area contributed by atoms with Gasteiger partial charge in [-0.05, 0) is 24.3 Å². The number of nitrogens with two attached hydrogens (primary N) is 1. The Morgan fingerprint density at radius 2 is 2.00 bits per heavy atom. The number of hydrogen-bond donors (Lipinski definition) is 2. The van der Waals surface area contributed by atoms with E-state index in [0.29, 0.717) is 12.0 Å². The number of carbonyl (C=O) groups is 1. The van der Waals surface area contributed by atoms with Gasteiger partial charge in [-0.3, -0.25) is 4.79 Å². The molecule has 0 aromatic heterocycles. The van der Waals surface area contributed by atoms with E-state index in [1.54, 1.807) is 24.3 Å². The van der Waals surface area contributed by atoms with Crippen LogP contribution in [-0.4, -0.2) is 17.6 Å². The summed E-state index contributed by atoms with van der Waals surface area (Å²) in [5.41, 5.74) is 6.36. The van der Waals surface area contributed by atoms with Crippen LogP contribution in [0.2, 0.25) is 0 Å². The number of hydrogen-bond acceptors (Lipinski definition) is 2. The Bertz CT molecular complexity index is 371. The monoisotopic (exact) mass is 189 g/mol. The number of aliphatic hydroxyl groups is 1. The molecule has 1 rings (SSSR count). The molecule has 3 N–H and O–H groups in total. The van der Waals surface area contributed by atoms with Crippen LogP contribution in [0.15, 0.2) is 24.3 Å². The van der Waals surface area contributed by atoms with Crippen molar-refractivity contribution in [3.8, 4) is 11.8 Å². The topological polar surface area (TPSA) is 63.3 Å². The third kappa shape index (κ3) is 2.92. The zero-order valence-corrected chi connectivity index (χ0v) is 7.66. The van der Waals surface area contributed by atoms with E-state index in [4.69, 9.17) is 10.8 Å². The highest BCUT2D eigenvalue weighted by molar-refractivity contribution is 5.92. The zero-order valence-electron chi connectivity index (χ0n) is 7.66. The Kier molecular flexibility index (Phi) is 3.71. The molecule has 0 spiro atoms. The van der Waals surface area contributed by atoms with Crippen LogP contribution < -0.4 is 5.73 Å². The molecule has 0 bridgehead atoms. The van der Waals surface area contributed by atoms with E-state index in [1.807, 2.05) is 0 Å². The van der Waals surface area contributed by atoms with Gasteiger partial charge in [0.1, 0.15) is 0 Å². The van der Waals surface area contributed by atoms with Gasteiger partial charge in [0.2, 0.25) is 5.91 Å². The fourth-order valence-electron chi connectivity index (χ4n) is 0.938. The number of benzene rings is 1. The fourth-order valence-corrected chi connectivity index (χ4v) is 0.938. The summed E-state index contributed by atoms with van der Waals surface area (Å²) in [4.78, 5) is 10.7. The number of aliphatic hydroxyl groups excluding tert-OH is 1. The van der Waals surface area contributed by atoms with Gasteiger partial charge in [-0.2, -0.15) is 0 Å². The van der Waals surface area contributed by atoms with Crippen molar-refractivity contribution in [2.75, 3.05) is 6.61 Å². The molecule has 1 amide bonds. The van der Waals surface area contributed by atoms with E-state index < -0.39 is 5.91 Å². The van der Waals surface area contributed by atoms with Crippen molar-refractivity contribution in [2.45, 2.75) is 6.42 Å². The van der Waals surface area contributed by atoms with Crippen LogP contribution in [-0.2, 0) is 0 Å². The molecule has 0 aliphatic carbocycles. The first-order valence-corrected chi connectivity index (χ1v) is 4.23. The summed E-state index contributed by atoms with van der Waals surface area (Å²) in [7, 11) is 0. The molecule has 72 valence electrons. The van der Waals surface area contributed by atoms with Crippen molar-refractivity contribution in [1.29, 1.82) is 0 Å². The van der Waals surface area contributed by atoms with Crippen LogP contribution in [0, 0.1) is 11.8 Å². The van der Waals surface area contributed by atoms with Crippen LogP contribution in [0.5, 0.6) is 0 Å². The summed E-state index contributed by atoms with van der Waals surface area (Å²) in [6.45, 7) is 0.0619. The zero-order chi connectivity index (χ0) is 10.4. The van der Waals surface area contributed by atoms with Crippen molar-refractivity contribution in [3.63, 3.8) is 0 Å². The minimum atomic E-state index is -0.445. The Labute approximate surface area is 82.6 Å². The normalized spacial score (nSPS) is 8.93. The predicted octanol–water partition coefficient (Wildman–Crippen LogP) is 0.519. The maximum Gasteiger partial charge on any atom is 0.248 e. The Morgan fingerprint density at radius 1 is 1.36 bits per heavy atom. The SMILES string of the molecule is NC(=O)c1ccc(C#CCCO)cc1. The van der Waals surface area contributed by atoms with Crippen molar-refractivity contribution < 1.29 is 9.90 Å². The minimum absolute atomic E-state index is 0.0619. The van der Waals surface area contributed by atoms with Crippen LogP contribution >= 0.6 is 0 Å². The maximum atomic E-state index is 10.7. The third-order valence-electron chi connectivity index (χ3n) is 1.64. The molecular formula is C11H11NO2. The van der Waals surface area contributed by atoms with Crippen LogP contribution in [0.4, 0.5) is 0 Å². The van der Waals surface area contributed by atoms with Gasteiger partial charge in [0.05, 0.1) is 6.61 Å². The van der Waals surface area contributed by atoms with Gasteiger partial charge in [0.15, 0.2) is 0 Å². The Morgan fingerprint density at radius 3 is 2.50 bits per heavy atom. The lowest BCUT2D eigenvalue weighted by Crippen LogP contribution is -2.10. The van der Waals surface area contributed by atoms with Crippen LogP contribution in [0.3, 0.4) is 0 Å². The lowest BCUT2D eigenvalue weighted by Gasteiger charge is -1.94. The highest BCUT2D eigenvalue weighted by Crippen LogP contribution is 2.02. The average molecular weight is 189 g/mol. The molecule has 3 heteroatoms. The first-order valence-electron chi connectivity index (χ1n) is 4.23. The molecule has 14 heavy (non-hydrogen) atoms. The van der Waals surface area contributed by atoms with Gasteiger partial charge in [0, 0.05) is 17.5 Å². The third-order valence-corrected chi connectivity index (χ3v) is 1.64. The first-order chi connectivity index (χ1) is 6.74. The molecule has 3 nitrogen and oxygen atoms in total. The molecule has 0 aliphatic rings. The van der Waals surface area contributed by atoms with Crippen LogP contribution in [0.25, 0.3) is 0 Å². The highest BCUT2D eigenvalue weighted by Gasteiger charge is 1.97. The average Bonchev–Trinajstić information content (AvgIpc) is 2.19. The molecule has 0 aliphatic heterocycles. The van der Waals surface area contributed by atoms with Crippen molar-refractivity contribution >= 4 is 5.91 Å². The number of carbonyl (C=O) groups excluding carboxylic acids is 1. The molecule has 0 unspecified atom stereocenters. The molecule has 0 heterocycles. The van der Waals surface area contributed by atoms with Crippen molar-refractivity contribution in [1.82, 2.24) is 0 Å². The fraction of sp³-hybridized carbons (Fsp3) is 0.182. The minimum Gasteiger partial charge on any atom is -0.395 e. The Balaban J connectivity index is 2.75. The lowest BCUT2D eigenvalue weighted by molar-refractivity contribution is 0.100. The quantitative estimate of drug-likeness (QED) is 0.666. The second kappa shape index (κ2) is 5.05. The summed E-state index contributed by atoms with van der Waals surface area (Å²) >= 11 is 0. The van der Waals surface area contributed by atoms with Gasteiger partial charge in [0.25, 0.3) is 0 Å². The van der Waals surface area contributed by atoms with Gasteiger partial charge in [-0.25, -0.2) is 0 Å². The highest BCUT2D eigenvalue weighted by atomic mass is 16.2. The maximum absolute atomic E-state index is 10.7. The molecule has 0 atom stereocenters. The Hall–Kier alpha value is -1.79. The smallest absolute Gasteiger partial charge is 0.248 e. The van der Waals surface area contributed by atoms with E-state index in [2.05, 4.69) is 11.8 Å². The summed E-state index contributed by atoms with van der Waals surface area (Å²) in [5.74, 6) is 5.19. The lowest BCUT2D eigenvalue weighted by atomic mass is 10.1. The molecule has 1 aromatic carbocycles. The molecule has 0 saturated carbocycles. The molecule has 0 radical (unpaired) electrons. The van der Waals surface area contributed by atoms with Gasteiger partial charge < -0.3 is 10.8 Å². The molecular weight excluding hydrogens is 178 g/mol. The van der Waals surface area contributed by atoms with Gasteiger partial charge in [-0.15, -0.1) is 0 Å². The summed E-state index contributed by atoms with van der Waals surface area (Å²) in [6, 6.07) is 6.71.